The van der Waals surface area contributed by atoms with Gasteiger partial charge < -0.3 is 0 Å². The van der Waals surface area contributed by atoms with Crippen LogP contribution in [-0.4, -0.2) is 0 Å². The fourth-order valence-electron chi connectivity index (χ4n) is 0.340. The third-order valence-electron chi connectivity index (χ3n) is 0.586. The monoisotopic (exact) mass is 195 g/mol. The fourth-order valence-corrected chi connectivity index (χ4v) is 0.340. The molecule has 0 N–H and O–H groups in total. The normalized spacial score (nSPS) is 11.5. The Morgan fingerprint density at radius 2 is 2.00 bits per heavy atom. The SMILES string of the molecule is C=C.[C-]1=CC=CC1.[Ru+]. The van der Waals surface area contributed by atoms with Gasteiger partial charge in [0, 0.05) is 0 Å². The van der Waals surface area contributed by atoms with Gasteiger partial charge in [-0.1, -0.05) is 0 Å². The van der Waals surface area contributed by atoms with E-state index in [1.165, 1.54) is 0 Å². The molecule has 0 saturated heterocycles. The molecule has 0 bridgehead atoms. The Labute approximate surface area is 63.7 Å². The number of hydrogen-bond donors (Lipinski definition) is 0. The van der Waals surface area contributed by atoms with Crippen molar-refractivity contribution in [3.05, 3.63) is 37.5 Å². The van der Waals surface area contributed by atoms with E-state index < -0.39 is 0 Å². The standard InChI is InChI=1S/C5H5.C2H4.Ru/c1-2-4-5-3-1;1-2;/h1-3H,4H2;1-2H2;/q-1;;+1. The summed E-state index contributed by atoms with van der Waals surface area (Å²) in [5, 5.41) is 0. The van der Waals surface area contributed by atoms with E-state index in [-0.39, 0.29) is 19.5 Å². The molecule has 1 heteroatoms. The summed E-state index contributed by atoms with van der Waals surface area (Å²) in [6, 6.07) is 0. The Kier molecular flexibility index (Phi) is 13.4. The van der Waals surface area contributed by atoms with Crippen LogP contribution in [0, 0.1) is 6.08 Å². The first-order chi connectivity index (χ1) is 3.50. The Morgan fingerprint density at radius 1 is 1.38 bits per heavy atom. The molecule has 0 fully saturated rings. The maximum absolute atomic E-state index is 3.00. The van der Waals surface area contributed by atoms with Crippen LogP contribution in [0.5, 0.6) is 0 Å². The predicted octanol–water partition coefficient (Wildman–Crippen LogP) is 2.11. The maximum Gasteiger partial charge on any atom is 1.00 e. The molecule has 1 aliphatic carbocycles. The van der Waals surface area contributed by atoms with Gasteiger partial charge in [0.05, 0.1) is 0 Å². The number of hydrogen-bond acceptors (Lipinski definition) is 0. The van der Waals surface area contributed by atoms with Crippen LogP contribution in [0.15, 0.2) is 31.4 Å². The Balaban J connectivity index is 0. The molecule has 1 aliphatic rings. The van der Waals surface area contributed by atoms with E-state index in [1.807, 2.05) is 12.2 Å². The third kappa shape index (κ3) is 5.84. The second-order valence-electron chi connectivity index (χ2n) is 1.00. The zero-order valence-corrected chi connectivity index (χ0v) is 6.45. The average molecular weight is 194 g/mol. The van der Waals surface area contributed by atoms with Crippen LogP contribution < -0.4 is 0 Å². The largest absolute Gasteiger partial charge is 1.00 e. The molecule has 0 nitrogen and oxygen atoms in total. The summed E-state index contributed by atoms with van der Waals surface area (Å²) in [7, 11) is 0. The summed E-state index contributed by atoms with van der Waals surface area (Å²) in [4.78, 5) is 0. The van der Waals surface area contributed by atoms with Gasteiger partial charge in [0.15, 0.2) is 0 Å². The van der Waals surface area contributed by atoms with Gasteiger partial charge in [-0.3, -0.25) is 6.08 Å². The van der Waals surface area contributed by atoms with Crippen molar-refractivity contribution in [2.24, 2.45) is 0 Å². The van der Waals surface area contributed by atoms with Gasteiger partial charge in [-0.15, -0.1) is 19.6 Å². The van der Waals surface area contributed by atoms with E-state index in [4.69, 9.17) is 0 Å². The molecule has 8 heavy (non-hydrogen) atoms. The van der Waals surface area contributed by atoms with E-state index in [1.54, 1.807) is 0 Å². The summed E-state index contributed by atoms with van der Waals surface area (Å²) in [5.41, 5.74) is 0. The van der Waals surface area contributed by atoms with Gasteiger partial charge in [0.25, 0.3) is 0 Å². The van der Waals surface area contributed by atoms with Crippen LogP contribution in [0.1, 0.15) is 6.42 Å². The molecular weight excluding hydrogens is 185 g/mol. The van der Waals surface area contributed by atoms with Crippen LogP contribution in [0.2, 0.25) is 0 Å². The maximum atomic E-state index is 3.00. The molecule has 0 aliphatic heterocycles. The molecule has 0 saturated carbocycles. The van der Waals surface area contributed by atoms with Gasteiger partial charge in [-0.25, -0.2) is 12.2 Å². The van der Waals surface area contributed by atoms with E-state index >= 15 is 0 Å². The first-order valence-electron chi connectivity index (χ1n) is 2.22. The quantitative estimate of drug-likeness (QED) is 0.315. The van der Waals surface area contributed by atoms with Crippen molar-refractivity contribution in [1.29, 1.82) is 0 Å². The smallest absolute Gasteiger partial charge is 0.273 e. The molecule has 0 aromatic carbocycles. The van der Waals surface area contributed by atoms with Crippen molar-refractivity contribution >= 4 is 0 Å². The Hall–Kier alpha value is -0.157. The minimum Gasteiger partial charge on any atom is -0.273 e. The minimum absolute atomic E-state index is 0. The zero-order chi connectivity index (χ0) is 5.54. The Bertz CT molecular complexity index is 72.4. The second-order valence-corrected chi connectivity index (χ2v) is 1.00. The average Bonchev–Trinajstić information content (AvgIpc) is 2.23. The van der Waals surface area contributed by atoms with Gasteiger partial charge in [0.1, 0.15) is 0 Å². The molecule has 0 heterocycles. The first kappa shape index (κ1) is 10.8. The zero-order valence-electron chi connectivity index (χ0n) is 4.71. The van der Waals surface area contributed by atoms with Gasteiger partial charge in [-0.2, -0.15) is 6.08 Å². The molecule has 0 unspecified atom stereocenters. The van der Waals surface area contributed by atoms with E-state index in [0.29, 0.717) is 0 Å². The van der Waals surface area contributed by atoms with Crippen LogP contribution in [-0.2, 0) is 19.5 Å². The fraction of sp³-hybridized carbons (Fsp3) is 0.143. The van der Waals surface area contributed by atoms with Crippen molar-refractivity contribution < 1.29 is 19.5 Å². The molecular formula is C7H9Ru. The summed E-state index contributed by atoms with van der Waals surface area (Å²) in [5.74, 6) is 0. The molecule has 45 valence electrons. The molecule has 0 aromatic rings. The summed E-state index contributed by atoms with van der Waals surface area (Å²) in [6.07, 6.45) is 10.0. The molecule has 0 amide bonds. The first-order valence-corrected chi connectivity index (χ1v) is 2.22. The van der Waals surface area contributed by atoms with Crippen molar-refractivity contribution in [2.75, 3.05) is 0 Å². The molecule has 0 spiro atoms. The molecule has 1 radical (unpaired) electrons. The predicted molar refractivity (Wildman–Crippen MR) is 32.8 cm³/mol. The van der Waals surface area contributed by atoms with E-state index in [0.717, 1.165) is 6.42 Å². The molecule has 0 aromatic heterocycles. The van der Waals surface area contributed by atoms with Crippen LogP contribution in [0.4, 0.5) is 0 Å². The molecule has 1 rings (SSSR count). The second kappa shape index (κ2) is 9.96. The number of allylic oxidation sites excluding steroid dienone is 4. The minimum atomic E-state index is 0. The van der Waals surface area contributed by atoms with Crippen LogP contribution >= 0.6 is 0 Å². The van der Waals surface area contributed by atoms with Gasteiger partial charge >= 0.3 is 19.5 Å². The summed E-state index contributed by atoms with van der Waals surface area (Å²) in [6.45, 7) is 6.00. The number of rotatable bonds is 0. The Morgan fingerprint density at radius 3 is 2.12 bits per heavy atom. The van der Waals surface area contributed by atoms with Crippen molar-refractivity contribution in [3.8, 4) is 0 Å². The van der Waals surface area contributed by atoms with E-state index in [9.17, 15) is 0 Å². The van der Waals surface area contributed by atoms with Gasteiger partial charge in [0.2, 0.25) is 0 Å². The third-order valence-corrected chi connectivity index (χ3v) is 0.586. The van der Waals surface area contributed by atoms with Crippen molar-refractivity contribution in [2.45, 2.75) is 6.42 Å². The molecule has 0 atom stereocenters. The van der Waals surface area contributed by atoms with E-state index in [2.05, 4.69) is 25.3 Å². The summed E-state index contributed by atoms with van der Waals surface area (Å²) >= 11 is 0. The van der Waals surface area contributed by atoms with Crippen LogP contribution in [0.25, 0.3) is 0 Å². The van der Waals surface area contributed by atoms with Crippen molar-refractivity contribution in [3.63, 3.8) is 0 Å². The van der Waals surface area contributed by atoms with Gasteiger partial charge in [-0.05, 0) is 0 Å². The topological polar surface area (TPSA) is 0 Å². The van der Waals surface area contributed by atoms with Crippen molar-refractivity contribution in [1.82, 2.24) is 0 Å². The van der Waals surface area contributed by atoms with Crippen LogP contribution in [0.3, 0.4) is 0 Å². The summed E-state index contributed by atoms with van der Waals surface area (Å²) < 4.78 is 0.